The molecule has 8 nitrogen and oxygen atoms in total. The molecule has 0 aliphatic heterocycles. The molecule has 4 N–H and O–H groups in total. The van der Waals surface area contributed by atoms with Gasteiger partial charge in [-0.2, -0.15) is 15.0 Å². The van der Waals surface area contributed by atoms with Crippen molar-refractivity contribution >= 4 is 17.8 Å². The van der Waals surface area contributed by atoms with Gasteiger partial charge in [-0.1, -0.05) is 6.92 Å². The molecule has 0 aromatic carbocycles. The number of hydrogen-bond donors (Lipinski definition) is 2. The van der Waals surface area contributed by atoms with E-state index in [-0.39, 0.29) is 11.9 Å². The van der Waals surface area contributed by atoms with Crippen molar-refractivity contribution in [2.45, 2.75) is 13.3 Å². The van der Waals surface area contributed by atoms with Crippen molar-refractivity contribution in [1.82, 2.24) is 24.6 Å². The second kappa shape index (κ2) is 4.64. The van der Waals surface area contributed by atoms with E-state index in [1.54, 1.807) is 23.4 Å². The topological polar surface area (TPSA) is 112 Å². The Morgan fingerprint density at radius 2 is 1.94 bits per heavy atom. The second-order valence-corrected chi connectivity index (χ2v) is 3.42. The van der Waals surface area contributed by atoms with Crippen molar-refractivity contribution in [3.8, 4) is 0 Å². The lowest BCUT2D eigenvalue weighted by Crippen LogP contribution is -2.31. The van der Waals surface area contributed by atoms with Gasteiger partial charge in [0.15, 0.2) is 0 Å². The largest absolute Gasteiger partial charge is 0.368 e. The van der Waals surface area contributed by atoms with E-state index in [1.165, 1.54) is 0 Å². The van der Waals surface area contributed by atoms with Crippen LogP contribution in [0, 0.1) is 0 Å². The van der Waals surface area contributed by atoms with E-state index in [0.717, 1.165) is 13.0 Å². The lowest BCUT2D eigenvalue weighted by Gasteiger charge is -2.22. The molecule has 0 radical (unpaired) electrons. The maximum absolute atomic E-state index is 5.55. The number of aromatic nitrogens is 5. The van der Waals surface area contributed by atoms with Gasteiger partial charge in [-0.05, 0) is 6.42 Å². The standard InChI is InChI=1S/C9H14N8/c1-2-4-17(16-5-3-12-6-16)9-14-7(10)13-8(11)15-9/h3,5-6H,2,4H2,1H3,(H4,10,11,13,14,15). The summed E-state index contributed by atoms with van der Waals surface area (Å²) in [6.45, 7) is 2.77. The zero-order valence-corrected chi connectivity index (χ0v) is 9.48. The van der Waals surface area contributed by atoms with Crippen LogP contribution in [0.15, 0.2) is 18.7 Å². The molecule has 8 heteroatoms. The maximum atomic E-state index is 5.55. The van der Waals surface area contributed by atoms with Gasteiger partial charge in [0.2, 0.25) is 11.9 Å². The fourth-order valence-corrected chi connectivity index (χ4v) is 1.44. The molecule has 0 aliphatic carbocycles. The Balaban J connectivity index is 2.38. The summed E-state index contributed by atoms with van der Waals surface area (Å²) in [4.78, 5) is 15.8. The lowest BCUT2D eigenvalue weighted by molar-refractivity contribution is 0.652. The number of rotatable bonds is 4. The molecule has 90 valence electrons. The molecule has 0 unspecified atom stereocenters. The van der Waals surface area contributed by atoms with Gasteiger partial charge in [-0.25, -0.2) is 14.7 Å². The summed E-state index contributed by atoms with van der Waals surface area (Å²) in [7, 11) is 0. The monoisotopic (exact) mass is 234 g/mol. The van der Waals surface area contributed by atoms with Gasteiger partial charge in [-0.15, -0.1) is 0 Å². The molecular weight excluding hydrogens is 220 g/mol. The Morgan fingerprint density at radius 1 is 1.24 bits per heavy atom. The zero-order chi connectivity index (χ0) is 12.3. The van der Waals surface area contributed by atoms with Crippen LogP contribution in [0.2, 0.25) is 0 Å². The summed E-state index contributed by atoms with van der Waals surface area (Å²) < 4.78 is 1.78. The highest BCUT2D eigenvalue weighted by atomic mass is 15.6. The molecule has 0 atom stereocenters. The first-order chi connectivity index (χ1) is 8.20. The van der Waals surface area contributed by atoms with Crippen molar-refractivity contribution in [2.75, 3.05) is 23.0 Å². The Labute approximate surface area is 98.3 Å². The third kappa shape index (κ3) is 2.41. The third-order valence-electron chi connectivity index (χ3n) is 2.09. The summed E-state index contributed by atoms with van der Waals surface area (Å²) in [5, 5.41) is 1.82. The molecule has 0 saturated heterocycles. The lowest BCUT2D eigenvalue weighted by atomic mass is 10.5. The minimum atomic E-state index is 0.105. The van der Waals surface area contributed by atoms with Gasteiger partial charge < -0.3 is 11.5 Å². The summed E-state index contributed by atoms with van der Waals surface area (Å²) >= 11 is 0. The fraction of sp³-hybridized carbons (Fsp3) is 0.333. The summed E-state index contributed by atoms with van der Waals surface area (Å²) in [6, 6.07) is 0. The van der Waals surface area contributed by atoms with E-state index in [0.29, 0.717) is 5.95 Å². The van der Waals surface area contributed by atoms with E-state index < -0.39 is 0 Å². The Bertz CT molecular complexity index is 459. The van der Waals surface area contributed by atoms with Crippen LogP contribution in [-0.2, 0) is 0 Å². The summed E-state index contributed by atoms with van der Waals surface area (Å²) in [6.07, 6.45) is 6.05. The van der Waals surface area contributed by atoms with E-state index in [9.17, 15) is 0 Å². The first-order valence-corrected chi connectivity index (χ1v) is 5.23. The van der Waals surface area contributed by atoms with E-state index in [4.69, 9.17) is 11.5 Å². The van der Waals surface area contributed by atoms with Crippen molar-refractivity contribution in [2.24, 2.45) is 0 Å². The Morgan fingerprint density at radius 3 is 2.47 bits per heavy atom. The van der Waals surface area contributed by atoms with Crippen LogP contribution in [0.25, 0.3) is 0 Å². The van der Waals surface area contributed by atoms with Crippen LogP contribution in [0.1, 0.15) is 13.3 Å². The number of nitrogens with two attached hydrogens (primary N) is 2. The third-order valence-corrected chi connectivity index (χ3v) is 2.09. The molecule has 0 aliphatic rings. The second-order valence-electron chi connectivity index (χ2n) is 3.42. The molecule has 0 fully saturated rings. The average Bonchev–Trinajstić information content (AvgIpc) is 2.77. The number of nitrogens with zero attached hydrogens (tertiary/aromatic N) is 6. The van der Waals surface area contributed by atoms with Crippen LogP contribution in [-0.4, -0.2) is 31.2 Å². The van der Waals surface area contributed by atoms with Gasteiger partial charge in [0.25, 0.3) is 5.95 Å². The van der Waals surface area contributed by atoms with Gasteiger partial charge in [-0.3, -0.25) is 0 Å². The molecule has 2 heterocycles. The number of hydrogen-bond acceptors (Lipinski definition) is 7. The van der Waals surface area contributed by atoms with Crippen LogP contribution in [0.3, 0.4) is 0 Å². The Kier molecular flexibility index (Phi) is 3.03. The normalized spacial score (nSPS) is 10.4. The highest BCUT2D eigenvalue weighted by Crippen LogP contribution is 2.11. The number of imidazole rings is 1. The molecule has 2 rings (SSSR count). The zero-order valence-electron chi connectivity index (χ0n) is 9.48. The van der Waals surface area contributed by atoms with Gasteiger partial charge >= 0.3 is 0 Å². The molecular formula is C9H14N8. The van der Waals surface area contributed by atoms with Crippen molar-refractivity contribution in [3.63, 3.8) is 0 Å². The fourth-order valence-electron chi connectivity index (χ4n) is 1.44. The first-order valence-electron chi connectivity index (χ1n) is 5.23. The summed E-state index contributed by atoms with van der Waals surface area (Å²) in [5.74, 6) is 0.622. The highest BCUT2D eigenvalue weighted by molar-refractivity contribution is 5.39. The van der Waals surface area contributed by atoms with Crippen LogP contribution >= 0.6 is 0 Å². The number of nitrogen functional groups attached to an aromatic ring is 2. The molecule has 17 heavy (non-hydrogen) atoms. The molecule has 2 aromatic rings. The summed E-state index contributed by atoms with van der Waals surface area (Å²) in [5.41, 5.74) is 11.1. The average molecular weight is 234 g/mol. The Hall–Kier alpha value is -2.38. The van der Waals surface area contributed by atoms with E-state index in [1.807, 2.05) is 5.01 Å². The predicted molar refractivity (Wildman–Crippen MR) is 63.9 cm³/mol. The number of anilines is 3. The van der Waals surface area contributed by atoms with Crippen LogP contribution < -0.4 is 16.5 Å². The first kappa shape index (κ1) is 11.1. The predicted octanol–water partition coefficient (Wildman–Crippen LogP) is -0.0878. The van der Waals surface area contributed by atoms with E-state index >= 15 is 0 Å². The van der Waals surface area contributed by atoms with Crippen molar-refractivity contribution in [1.29, 1.82) is 0 Å². The minimum absolute atomic E-state index is 0.105. The molecule has 0 saturated carbocycles. The van der Waals surface area contributed by atoms with Gasteiger partial charge in [0.05, 0.1) is 0 Å². The van der Waals surface area contributed by atoms with Crippen LogP contribution in [0.5, 0.6) is 0 Å². The molecule has 0 amide bonds. The molecule has 0 spiro atoms. The molecule has 2 aromatic heterocycles. The highest BCUT2D eigenvalue weighted by Gasteiger charge is 2.12. The smallest absolute Gasteiger partial charge is 0.251 e. The van der Waals surface area contributed by atoms with Crippen molar-refractivity contribution in [3.05, 3.63) is 18.7 Å². The molecule has 0 bridgehead atoms. The van der Waals surface area contributed by atoms with Gasteiger partial charge in [0, 0.05) is 18.9 Å². The van der Waals surface area contributed by atoms with Gasteiger partial charge in [0.1, 0.15) is 6.33 Å². The maximum Gasteiger partial charge on any atom is 0.251 e. The van der Waals surface area contributed by atoms with E-state index in [2.05, 4.69) is 26.9 Å². The minimum Gasteiger partial charge on any atom is -0.368 e. The quantitative estimate of drug-likeness (QED) is 0.760. The SMILES string of the molecule is CCCN(c1nc(N)nc(N)n1)n1ccnc1. The van der Waals surface area contributed by atoms with Crippen LogP contribution in [0.4, 0.5) is 17.8 Å². The van der Waals surface area contributed by atoms with Crippen molar-refractivity contribution < 1.29 is 0 Å².